The Hall–Kier alpha value is -3.17. The molecule has 0 spiro atoms. The van der Waals surface area contributed by atoms with Gasteiger partial charge in [-0.25, -0.2) is 8.42 Å². The highest BCUT2D eigenvalue weighted by Crippen LogP contribution is 2.47. The average molecular weight is 368 g/mol. The first-order valence-corrected chi connectivity index (χ1v) is 10.3. The van der Waals surface area contributed by atoms with Gasteiger partial charge in [0.1, 0.15) is 0 Å². The van der Waals surface area contributed by atoms with Crippen LogP contribution in [0.15, 0.2) is 107 Å². The number of sulfone groups is 1. The third kappa shape index (κ3) is 2.43. The average Bonchev–Trinajstić information content (AvgIpc) is 2.96. The van der Waals surface area contributed by atoms with Crippen LogP contribution in [0.1, 0.15) is 0 Å². The van der Waals surface area contributed by atoms with Gasteiger partial charge in [0.25, 0.3) is 0 Å². The van der Waals surface area contributed by atoms with Gasteiger partial charge in [-0.05, 0) is 40.5 Å². The molecule has 0 fully saturated rings. The minimum Gasteiger partial charge on any atom is -0.218 e. The zero-order valence-corrected chi connectivity index (χ0v) is 15.3. The number of hydrogen-bond donors (Lipinski definition) is 0. The van der Waals surface area contributed by atoms with Crippen molar-refractivity contribution in [3.63, 3.8) is 0 Å². The molecular weight excluding hydrogens is 352 g/mol. The molecule has 5 rings (SSSR count). The third-order valence-corrected chi connectivity index (χ3v) is 6.90. The van der Waals surface area contributed by atoms with Crippen LogP contribution in [0.5, 0.6) is 0 Å². The van der Waals surface area contributed by atoms with Crippen LogP contribution in [0.3, 0.4) is 0 Å². The van der Waals surface area contributed by atoms with E-state index < -0.39 is 9.84 Å². The Labute approximate surface area is 158 Å². The van der Waals surface area contributed by atoms with Crippen LogP contribution in [-0.2, 0) is 9.84 Å². The fourth-order valence-electron chi connectivity index (χ4n) is 3.77. The van der Waals surface area contributed by atoms with Gasteiger partial charge < -0.3 is 0 Å². The molecule has 0 N–H and O–H groups in total. The van der Waals surface area contributed by atoms with Crippen molar-refractivity contribution in [2.24, 2.45) is 0 Å². The van der Waals surface area contributed by atoms with Gasteiger partial charge in [-0.2, -0.15) is 0 Å². The summed E-state index contributed by atoms with van der Waals surface area (Å²) >= 11 is 0. The molecule has 0 saturated heterocycles. The highest BCUT2D eigenvalue weighted by atomic mass is 32.2. The van der Waals surface area contributed by atoms with Gasteiger partial charge in [-0.1, -0.05) is 78.9 Å². The van der Waals surface area contributed by atoms with Crippen molar-refractivity contribution in [3.05, 3.63) is 97.1 Å². The monoisotopic (exact) mass is 368 g/mol. The Kier molecular flexibility index (Phi) is 3.52. The van der Waals surface area contributed by atoms with E-state index in [1.807, 2.05) is 72.8 Å². The summed E-state index contributed by atoms with van der Waals surface area (Å²) in [4.78, 5) is 0.784. The molecule has 3 heteroatoms. The molecule has 0 amide bonds. The minimum absolute atomic E-state index is 0.391. The van der Waals surface area contributed by atoms with Crippen LogP contribution >= 0.6 is 0 Å². The first kappa shape index (κ1) is 16.0. The summed E-state index contributed by atoms with van der Waals surface area (Å²) in [5.41, 5.74) is 5.60. The molecule has 0 radical (unpaired) electrons. The summed E-state index contributed by atoms with van der Waals surface area (Å²) in [7, 11) is -3.49. The molecule has 1 aliphatic heterocycles. The Balaban J connectivity index is 1.88. The van der Waals surface area contributed by atoms with Crippen molar-refractivity contribution in [3.8, 4) is 33.4 Å². The molecule has 0 atom stereocenters. The Morgan fingerprint density at radius 2 is 0.963 bits per heavy atom. The molecule has 4 aromatic rings. The van der Waals surface area contributed by atoms with Gasteiger partial charge in [0.2, 0.25) is 9.84 Å². The molecule has 130 valence electrons. The molecule has 1 aliphatic rings. The van der Waals surface area contributed by atoms with Crippen LogP contribution in [0.2, 0.25) is 0 Å². The van der Waals surface area contributed by atoms with Crippen LogP contribution in [0.25, 0.3) is 33.4 Å². The summed E-state index contributed by atoms with van der Waals surface area (Å²) in [6.45, 7) is 0. The molecule has 1 heterocycles. The van der Waals surface area contributed by atoms with Gasteiger partial charge in [-0.3, -0.25) is 0 Å². The van der Waals surface area contributed by atoms with E-state index >= 15 is 0 Å². The topological polar surface area (TPSA) is 34.1 Å². The first-order valence-electron chi connectivity index (χ1n) is 8.79. The maximum Gasteiger partial charge on any atom is 0.207 e. The number of benzene rings is 4. The van der Waals surface area contributed by atoms with Crippen molar-refractivity contribution in [1.82, 2.24) is 0 Å². The molecule has 2 nitrogen and oxygen atoms in total. The molecular formula is C24H16O2S. The lowest BCUT2D eigenvalue weighted by Gasteiger charge is -2.13. The van der Waals surface area contributed by atoms with Crippen molar-refractivity contribution in [2.75, 3.05) is 0 Å². The highest BCUT2D eigenvalue weighted by Gasteiger charge is 2.33. The van der Waals surface area contributed by atoms with E-state index in [0.717, 1.165) is 33.4 Å². The Morgan fingerprint density at radius 1 is 0.444 bits per heavy atom. The maximum absolute atomic E-state index is 13.1. The van der Waals surface area contributed by atoms with Crippen LogP contribution in [0, 0.1) is 0 Å². The molecule has 0 saturated carbocycles. The molecule has 4 aromatic carbocycles. The normalized spacial score (nSPS) is 13.8. The quantitative estimate of drug-likeness (QED) is 0.393. The van der Waals surface area contributed by atoms with Crippen LogP contribution in [-0.4, -0.2) is 8.42 Å². The van der Waals surface area contributed by atoms with E-state index in [2.05, 4.69) is 12.1 Å². The SMILES string of the molecule is O=S1(=O)c2ccccc2-c2cc(-c3ccccc3)c(-c3ccccc3)cc21. The number of fused-ring (bicyclic) bond motifs is 3. The third-order valence-electron chi connectivity index (χ3n) is 5.05. The lowest BCUT2D eigenvalue weighted by atomic mass is 9.91. The summed E-state index contributed by atoms with van der Waals surface area (Å²) in [6, 6.07) is 31.1. The second kappa shape index (κ2) is 5.93. The fraction of sp³-hybridized carbons (Fsp3) is 0. The first-order chi connectivity index (χ1) is 13.2. The predicted octanol–water partition coefficient (Wildman–Crippen LogP) is 5.83. The Bertz CT molecular complexity index is 1260. The summed E-state index contributed by atoms with van der Waals surface area (Å²) in [5, 5.41) is 0. The van der Waals surface area contributed by atoms with Crippen molar-refractivity contribution in [2.45, 2.75) is 9.79 Å². The van der Waals surface area contributed by atoms with Crippen LogP contribution in [0.4, 0.5) is 0 Å². The van der Waals surface area contributed by atoms with E-state index in [0.29, 0.717) is 9.79 Å². The van der Waals surface area contributed by atoms with Gasteiger partial charge >= 0.3 is 0 Å². The lowest BCUT2D eigenvalue weighted by molar-refractivity contribution is 0.599. The zero-order valence-electron chi connectivity index (χ0n) is 14.5. The summed E-state index contributed by atoms with van der Waals surface area (Å²) < 4.78 is 26.2. The predicted molar refractivity (Wildman–Crippen MR) is 108 cm³/mol. The highest BCUT2D eigenvalue weighted by molar-refractivity contribution is 7.92. The van der Waals surface area contributed by atoms with E-state index in [9.17, 15) is 8.42 Å². The molecule has 0 aromatic heterocycles. The van der Waals surface area contributed by atoms with Gasteiger partial charge in [0.15, 0.2) is 0 Å². The second-order valence-electron chi connectivity index (χ2n) is 6.63. The van der Waals surface area contributed by atoms with E-state index in [1.54, 1.807) is 12.1 Å². The fourth-order valence-corrected chi connectivity index (χ4v) is 5.46. The molecule has 0 bridgehead atoms. The standard InChI is InChI=1S/C24H16O2S/c25-27(26)23-14-8-7-13-19(23)22-15-20(17-9-3-1-4-10-17)21(16-24(22)27)18-11-5-2-6-12-18/h1-16H. The van der Waals surface area contributed by atoms with E-state index in [-0.39, 0.29) is 0 Å². The maximum atomic E-state index is 13.1. The van der Waals surface area contributed by atoms with Gasteiger partial charge in [-0.15, -0.1) is 0 Å². The lowest BCUT2D eigenvalue weighted by Crippen LogP contribution is -1.97. The number of hydrogen-bond acceptors (Lipinski definition) is 2. The van der Waals surface area contributed by atoms with E-state index in [4.69, 9.17) is 0 Å². The van der Waals surface area contributed by atoms with E-state index in [1.165, 1.54) is 0 Å². The summed E-state index contributed by atoms with van der Waals surface area (Å²) in [6.07, 6.45) is 0. The van der Waals surface area contributed by atoms with Crippen molar-refractivity contribution >= 4 is 9.84 Å². The second-order valence-corrected chi connectivity index (χ2v) is 8.51. The zero-order chi connectivity index (χ0) is 18.4. The van der Waals surface area contributed by atoms with Crippen molar-refractivity contribution < 1.29 is 8.42 Å². The van der Waals surface area contributed by atoms with Crippen molar-refractivity contribution in [1.29, 1.82) is 0 Å². The van der Waals surface area contributed by atoms with Crippen LogP contribution < -0.4 is 0 Å². The van der Waals surface area contributed by atoms with Gasteiger partial charge in [0.05, 0.1) is 9.79 Å². The Morgan fingerprint density at radius 3 is 1.59 bits per heavy atom. The number of rotatable bonds is 2. The molecule has 0 unspecified atom stereocenters. The molecule has 0 aliphatic carbocycles. The summed E-state index contributed by atoms with van der Waals surface area (Å²) in [5.74, 6) is 0. The molecule has 27 heavy (non-hydrogen) atoms. The van der Waals surface area contributed by atoms with Gasteiger partial charge in [0, 0.05) is 11.1 Å². The largest absolute Gasteiger partial charge is 0.218 e. The minimum atomic E-state index is -3.49. The smallest absolute Gasteiger partial charge is 0.207 e.